The molecule has 0 atom stereocenters. The van der Waals surface area contributed by atoms with Crippen LogP contribution in [0.5, 0.6) is 0 Å². The topological polar surface area (TPSA) is 121 Å². The van der Waals surface area contributed by atoms with Crippen LogP contribution in [0.3, 0.4) is 0 Å². The minimum absolute atomic E-state index is 0.0189. The standard InChI is InChI=1S/C20H19N7O3/c1-12(2)25-19-14(11-22-25)9-15(10-21-19)20(28)23-18-8-13(3)24-26(18)16-4-6-17(7-5-16)27(29)30/h4-12H,1-3H3,(H,23,28). The zero-order valence-corrected chi connectivity index (χ0v) is 16.6. The summed E-state index contributed by atoms with van der Waals surface area (Å²) in [6, 6.07) is 9.56. The van der Waals surface area contributed by atoms with E-state index in [0.29, 0.717) is 28.4 Å². The number of anilines is 1. The lowest BCUT2D eigenvalue weighted by Gasteiger charge is -2.09. The van der Waals surface area contributed by atoms with Crippen molar-refractivity contribution in [3.05, 3.63) is 70.2 Å². The Hall–Kier alpha value is -4.08. The molecule has 0 aliphatic rings. The van der Waals surface area contributed by atoms with Crippen molar-refractivity contribution in [3.63, 3.8) is 0 Å². The van der Waals surface area contributed by atoms with Gasteiger partial charge in [0.15, 0.2) is 5.65 Å². The molecule has 3 heterocycles. The summed E-state index contributed by atoms with van der Waals surface area (Å²) >= 11 is 0. The fourth-order valence-electron chi connectivity index (χ4n) is 3.13. The smallest absolute Gasteiger partial charge is 0.269 e. The summed E-state index contributed by atoms with van der Waals surface area (Å²) in [6.07, 6.45) is 3.20. The van der Waals surface area contributed by atoms with E-state index in [1.165, 1.54) is 23.0 Å². The fourth-order valence-corrected chi connectivity index (χ4v) is 3.13. The summed E-state index contributed by atoms with van der Waals surface area (Å²) in [6.45, 7) is 5.82. The highest BCUT2D eigenvalue weighted by molar-refractivity contribution is 6.05. The van der Waals surface area contributed by atoms with Gasteiger partial charge >= 0.3 is 0 Å². The molecule has 0 saturated heterocycles. The molecule has 0 unspecified atom stereocenters. The maximum Gasteiger partial charge on any atom is 0.269 e. The van der Waals surface area contributed by atoms with Crippen molar-refractivity contribution in [3.8, 4) is 5.69 Å². The molecule has 0 aliphatic carbocycles. The summed E-state index contributed by atoms with van der Waals surface area (Å²) in [5.74, 6) is 0.106. The summed E-state index contributed by atoms with van der Waals surface area (Å²) in [5.41, 5.74) is 2.37. The molecular weight excluding hydrogens is 386 g/mol. The first-order chi connectivity index (χ1) is 14.3. The maximum atomic E-state index is 12.8. The molecule has 30 heavy (non-hydrogen) atoms. The van der Waals surface area contributed by atoms with E-state index >= 15 is 0 Å². The van der Waals surface area contributed by atoms with Crippen molar-refractivity contribution < 1.29 is 9.72 Å². The van der Waals surface area contributed by atoms with Crippen molar-refractivity contribution in [1.82, 2.24) is 24.5 Å². The van der Waals surface area contributed by atoms with Crippen LogP contribution < -0.4 is 5.32 Å². The molecule has 152 valence electrons. The average Bonchev–Trinajstić information content (AvgIpc) is 3.30. The van der Waals surface area contributed by atoms with Gasteiger partial charge in [-0.1, -0.05) is 0 Å². The minimum atomic E-state index is -0.467. The fraction of sp³-hybridized carbons (Fsp3) is 0.200. The van der Waals surface area contributed by atoms with Gasteiger partial charge in [-0.3, -0.25) is 14.9 Å². The number of nitro benzene ring substituents is 1. The van der Waals surface area contributed by atoms with Crippen LogP contribution in [-0.2, 0) is 0 Å². The molecule has 0 fully saturated rings. The van der Waals surface area contributed by atoms with Gasteiger partial charge in [0.05, 0.1) is 28.1 Å². The zero-order chi connectivity index (χ0) is 21.4. The highest BCUT2D eigenvalue weighted by Crippen LogP contribution is 2.22. The van der Waals surface area contributed by atoms with Crippen molar-refractivity contribution in [2.45, 2.75) is 26.8 Å². The number of fused-ring (bicyclic) bond motifs is 1. The van der Waals surface area contributed by atoms with Crippen LogP contribution in [0.25, 0.3) is 16.7 Å². The van der Waals surface area contributed by atoms with Crippen LogP contribution in [0.15, 0.2) is 48.8 Å². The van der Waals surface area contributed by atoms with E-state index < -0.39 is 4.92 Å². The van der Waals surface area contributed by atoms with Gasteiger partial charge in [-0.25, -0.2) is 14.3 Å². The van der Waals surface area contributed by atoms with Gasteiger partial charge in [0.1, 0.15) is 5.82 Å². The number of nitrogens with one attached hydrogen (secondary N) is 1. The third kappa shape index (κ3) is 3.50. The molecule has 1 amide bonds. The van der Waals surface area contributed by atoms with Crippen molar-refractivity contribution in [2.24, 2.45) is 0 Å². The molecule has 3 aromatic heterocycles. The first kappa shape index (κ1) is 19.2. The van der Waals surface area contributed by atoms with Gasteiger partial charge < -0.3 is 5.32 Å². The molecule has 1 aromatic carbocycles. The van der Waals surface area contributed by atoms with Gasteiger partial charge in [0.25, 0.3) is 11.6 Å². The van der Waals surface area contributed by atoms with Gasteiger partial charge in [0, 0.05) is 35.8 Å². The number of nitro groups is 1. The van der Waals surface area contributed by atoms with Crippen molar-refractivity contribution in [1.29, 1.82) is 0 Å². The number of non-ortho nitro benzene ring substituents is 1. The molecule has 4 aromatic rings. The van der Waals surface area contributed by atoms with E-state index in [1.807, 2.05) is 13.8 Å². The van der Waals surface area contributed by atoms with Gasteiger partial charge in [-0.15, -0.1) is 0 Å². The lowest BCUT2D eigenvalue weighted by Crippen LogP contribution is -2.15. The largest absolute Gasteiger partial charge is 0.306 e. The van der Waals surface area contributed by atoms with Gasteiger partial charge in [-0.2, -0.15) is 10.2 Å². The molecule has 0 radical (unpaired) electrons. The minimum Gasteiger partial charge on any atom is -0.306 e. The summed E-state index contributed by atoms with van der Waals surface area (Å²) in [7, 11) is 0. The molecule has 0 saturated carbocycles. The van der Waals surface area contributed by atoms with Crippen LogP contribution in [0.4, 0.5) is 11.5 Å². The number of rotatable bonds is 5. The zero-order valence-electron chi connectivity index (χ0n) is 16.6. The van der Waals surface area contributed by atoms with E-state index in [-0.39, 0.29) is 17.6 Å². The highest BCUT2D eigenvalue weighted by atomic mass is 16.6. The Morgan fingerprint density at radius 1 is 1.17 bits per heavy atom. The van der Waals surface area contributed by atoms with E-state index in [1.54, 1.807) is 42.1 Å². The van der Waals surface area contributed by atoms with E-state index in [9.17, 15) is 14.9 Å². The van der Waals surface area contributed by atoms with Crippen LogP contribution in [0.1, 0.15) is 35.9 Å². The quantitative estimate of drug-likeness (QED) is 0.399. The molecule has 0 aliphatic heterocycles. The number of pyridine rings is 1. The Morgan fingerprint density at radius 3 is 2.57 bits per heavy atom. The predicted octanol–water partition coefficient (Wildman–Crippen LogP) is 3.67. The molecule has 4 rings (SSSR count). The van der Waals surface area contributed by atoms with E-state index in [2.05, 4.69) is 20.5 Å². The predicted molar refractivity (Wildman–Crippen MR) is 111 cm³/mol. The Balaban J connectivity index is 1.62. The van der Waals surface area contributed by atoms with Crippen LogP contribution in [-0.4, -0.2) is 35.4 Å². The molecule has 0 bridgehead atoms. The SMILES string of the molecule is Cc1cc(NC(=O)c2cnc3c(cnn3C(C)C)c2)n(-c2ccc([N+](=O)[O-])cc2)n1. The maximum absolute atomic E-state index is 12.8. The van der Waals surface area contributed by atoms with Crippen LogP contribution >= 0.6 is 0 Å². The molecule has 1 N–H and O–H groups in total. The number of carbonyl (C=O) groups excluding carboxylic acids is 1. The number of carbonyl (C=O) groups is 1. The Kier molecular flexibility index (Phi) is 4.74. The lowest BCUT2D eigenvalue weighted by atomic mass is 10.2. The van der Waals surface area contributed by atoms with Gasteiger partial charge in [-0.05, 0) is 39.0 Å². The van der Waals surface area contributed by atoms with Crippen LogP contribution in [0, 0.1) is 17.0 Å². The third-order valence-electron chi connectivity index (χ3n) is 4.56. The molecule has 10 nitrogen and oxygen atoms in total. The van der Waals surface area contributed by atoms with Gasteiger partial charge in [0.2, 0.25) is 0 Å². The highest BCUT2D eigenvalue weighted by Gasteiger charge is 2.16. The molecule has 10 heteroatoms. The number of nitrogens with zero attached hydrogens (tertiary/aromatic N) is 6. The number of hydrogen-bond acceptors (Lipinski definition) is 6. The summed E-state index contributed by atoms with van der Waals surface area (Å²) in [5, 5.41) is 23.2. The third-order valence-corrected chi connectivity index (χ3v) is 4.56. The number of amides is 1. The summed E-state index contributed by atoms with van der Waals surface area (Å²) < 4.78 is 3.32. The molecule has 0 spiro atoms. The Morgan fingerprint density at radius 2 is 1.90 bits per heavy atom. The second-order valence-corrected chi connectivity index (χ2v) is 7.13. The van der Waals surface area contributed by atoms with Crippen molar-refractivity contribution >= 4 is 28.4 Å². The summed E-state index contributed by atoms with van der Waals surface area (Å²) in [4.78, 5) is 27.6. The average molecular weight is 405 g/mol. The molecular formula is C20H19N7O3. The Bertz CT molecular complexity index is 1260. The van der Waals surface area contributed by atoms with Crippen LogP contribution in [0.2, 0.25) is 0 Å². The lowest BCUT2D eigenvalue weighted by molar-refractivity contribution is -0.384. The van der Waals surface area contributed by atoms with E-state index in [4.69, 9.17) is 0 Å². The second kappa shape index (κ2) is 7.39. The second-order valence-electron chi connectivity index (χ2n) is 7.13. The number of hydrogen-bond donors (Lipinski definition) is 1. The normalized spacial score (nSPS) is 11.2. The van der Waals surface area contributed by atoms with Crippen molar-refractivity contribution in [2.75, 3.05) is 5.32 Å². The Labute approximate surface area is 171 Å². The first-order valence-electron chi connectivity index (χ1n) is 9.29. The monoisotopic (exact) mass is 405 g/mol. The number of aryl methyl sites for hydroxylation is 1. The van der Waals surface area contributed by atoms with E-state index in [0.717, 1.165) is 5.39 Å². The number of aromatic nitrogens is 5. The first-order valence-corrected chi connectivity index (χ1v) is 9.29. The number of benzene rings is 1.